The Kier molecular flexibility index (Phi) is 3.14. The fraction of sp³-hybridized carbons (Fsp3) is 0.182. The first-order valence-corrected chi connectivity index (χ1v) is 5.80. The monoisotopic (exact) mass is 249 g/mol. The summed E-state index contributed by atoms with van der Waals surface area (Å²) in [5.41, 5.74) is 1.96. The van der Waals surface area contributed by atoms with Crippen LogP contribution in [0.1, 0.15) is 11.4 Å². The van der Waals surface area contributed by atoms with Gasteiger partial charge in [0, 0.05) is 23.7 Å². The first-order chi connectivity index (χ1) is 8.08. The topological polar surface area (TPSA) is 61.0 Å². The van der Waals surface area contributed by atoms with Crippen molar-refractivity contribution in [3.05, 3.63) is 51.8 Å². The number of para-hydroxylation sites is 1. The molecule has 0 spiro atoms. The first kappa shape index (κ1) is 11.7. The molecule has 88 valence electrons. The average molecular weight is 249 g/mol. The minimum Gasteiger partial charge on any atom is -0.258 e. The van der Waals surface area contributed by atoms with E-state index in [0.29, 0.717) is 4.90 Å². The van der Waals surface area contributed by atoms with E-state index in [-0.39, 0.29) is 10.6 Å². The Labute approximate surface area is 103 Å². The van der Waals surface area contributed by atoms with Gasteiger partial charge >= 0.3 is 0 Å². The smallest absolute Gasteiger partial charge is 0.258 e. The Morgan fingerprint density at radius 1 is 1.35 bits per heavy atom. The van der Waals surface area contributed by atoms with Crippen LogP contribution in [0.2, 0.25) is 0 Å². The Bertz CT molecular complexity index is 566. The van der Waals surface area contributed by atoms with Crippen LogP contribution in [0.3, 0.4) is 0 Å². The maximum Gasteiger partial charge on any atom is 0.284 e. The third-order valence-electron chi connectivity index (χ3n) is 2.21. The molecule has 0 amide bonds. The highest BCUT2D eigenvalue weighted by Gasteiger charge is 2.14. The number of rotatable bonds is 3. The van der Waals surface area contributed by atoms with Gasteiger partial charge in [-0.25, -0.2) is 4.09 Å². The van der Waals surface area contributed by atoms with E-state index in [4.69, 9.17) is 0 Å². The van der Waals surface area contributed by atoms with Crippen LogP contribution in [0.4, 0.5) is 5.69 Å². The summed E-state index contributed by atoms with van der Waals surface area (Å²) in [5.74, 6) is 0. The van der Waals surface area contributed by atoms with Gasteiger partial charge < -0.3 is 0 Å². The van der Waals surface area contributed by atoms with Crippen LogP contribution in [0, 0.1) is 24.0 Å². The summed E-state index contributed by atoms with van der Waals surface area (Å²) >= 11 is 1.25. The molecule has 0 unspecified atom stereocenters. The van der Waals surface area contributed by atoms with Crippen LogP contribution < -0.4 is 0 Å². The van der Waals surface area contributed by atoms with E-state index in [0.717, 1.165) is 11.4 Å². The number of benzene rings is 1. The van der Waals surface area contributed by atoms with Crippen LogP contribution in [0.5, 0.6) is 0 Å². The van der Waals surface area contributed by atoms with Gasteiger partial charge in [0.2, 0.25) is 0 Å². The summed E-state index contributed by atoms with van der Waals surface area (Å²) in [5, 5.41) is 15.1. The van der Waals surface area contributed by atoms with Crippen LogP contribution in [0.25, 0.3) is 0 Å². The molecule has 0 radical (unpaired) electrons. The van der Waals surface area contributed by atoms with Crippen molar-refractivity contribution in [1.82, 2.24) is 9.19 Å². The number of hydrogen-bond donors (Lipinski definition) is 0. The number of nitro groups is 1. The molecule has 2 rings (SSSR count). The molecule has 0 atom stereocenters. The van der Waals surface area contributed by atoms with Gasteiger partial charge in [0.15, 0.2) is 0 Å². The van der Waals surface area contributed by atoms with E-state index < -0.39 is 0 Å². The summed E-state index contributed by atoms with van der Waals surface area (Å²) in [6.07, 6.45) is 0. The van der Waals surface area contributed by atoms with Crippen molar-refractivity contribution in [3.63, 3.8) is 0 Å². The number of aromatic nitrogens is 2. The number of aryl methyl sites for hydroxylation is 2. The lowest BCUT2D eigenvalue weighted by Gasteiger charge is -2.03. The van der Waals surface area contributed by atoms with Gasteiger partial charge in [0.05, 0.1) is 10.6 Å². The summed E-state index contributed by atoms with van der Waals surface area (Å²) < 4.78 is 1.69. The lowest BCUT2D eigenvalue weighted by Crippen LogP contribution is -1.95. The molecule has 0 aliphatic carbocycles. The molecule has 2 aromatic rings. The molecular formula is C11H11N3O2S. The van der Waals surface area contributed by atoms with E-state index in [9.17, 15) is 10.1 Å². The lowest BCUT2D eigenvalue weighted by molar-refractivity contribution is -0.387. The Hall–Kier alpha value is -1.82. The summed E-state index contributed by atoms with van der Waals surface area (Å²) in [6, 6.07) is 8.58. The summed E-state index contributed by atoms with van der Waals surface area (Å²) in [7, 11) is 0. The predicted molar refractivity (Wildman–Crippen MR) is 66.1 cm³/mol. The molecule has 1 aromatic carbocycles. The third kappa shape index (κ3) is 2.47. The van der Waals surface area contributed by atoms with E-state index >= 15 is 0 Å². The molecule has 17 heavy (non-hydrogen) atoms. The Morgan fingerprint density at radius 2 is 2.06 bits per heavy atom. The van der Waals surface area contributed by atoms with Gasteiger partial charge in [-0.2, -0.15) is 5.10 Å². The van der Waals surface area contributed by atoms with Crippen molar-refractivity contribution in [2.24, 2.45) is 0 Å². The number of nitro benzene ring substituents is 1. The van der Waals surface area contributed by atoms with Crippen molar-refractivity contribution in [1.29, 1.82) is 0 Å². The maximum absolute atomic E-state index is 10.9. The highest BCUT2D eigenvalue weighted by molar-refractivity contribution is 7.97. The molecule has 0 N–H and O–H groups in total. The lowest BCUT2D eigenvalue weighted by atomic mass is 10.3. The Balaban J connectivity index is 2.36. The third-order valence-corrected chi connectivity index (χ3v) is 3.30. The molecule has 0 saturated heterocycles. The minimum absolute atomic E-state index is 0.102. The van der Waals surface area contributed by atoms with E-state index in [2.05, 4.69) is 5.10 Å². The van der Waals surface area contributed by atoms with Crippen molar-refractivity contribution in [3.8, 4) is 0 Å². The van der Waals surface area contributed by atoms with Gasteiger partial charge in [-0.05, 0) is 26.0 Å². The largest absolute Gasteiger partial charge is 0.284 e. The summed E-state index contributed by atoms with van der Waals surface area (Å²) in [6.45, 7) is 3.81. The normalized spacial score (nSPS) is 10.5. The zero-order valence-corrected chi connectivity index (χ0v) is 10.3. The van der Waals surface area contributed by atoms with E-state index in [1.165, 1.54) is 18.0 Å². The summed E-state index contributed by atoms with van der Waals surface area (Å²) in [4.78, 5) is 11.1. The first-order valence-electron chi connectivity index (χ1n) is 5.03. The molecule has 0 fully saturated rings. The Morgan fingerprint density at radius 3 is 2.65 bits per heavy atom. The molecule has 0 bridgehead atoms. The molecular weight excluding hydrogens is 238 g/mol. The van der Waals surface area contributed by atoms with E-state index in [1.807, 2.05) is 19.9 Å². The zero-order valence-electron chi connectivity index (χ0n) is 9.45. The standard InChI is InChI=1S/C11H11N3O2S/c1-8-7-9(2)13(12-8)17-11-6-4-3-5-10(11)14(15)16/h3-7H,1-2H3. The molecule has 0 aliphatic rings. The van der Waals surface area contributed by atoms with Gasteiger partial charge in [-0.1, -0.05) is 12.1 Å². The number of nitrogens with zero attached hydrogens (tertiary/aromatic N) is 3. The van der Waals surface area contributed by atoms with Crippen molar-refractivity contribution >= 4 is 17.6 Å². The molecule has 6 heteroatoms. The van der Waals surface area contributed by atoms with E-state index in [1.54, 1.807) is 22.3 Å². The highest BCUT2D eigenvalue weighted by Crippen LogP contribution is 2.30. The second-order valence-corrected chi connectivity index (χ2v) is 4.58. The fourth-order valence-electron chi connectivity index (χ4n) is 1.48. The molecule has 1 aromatic heterocycles. The average Bonchev–Trinajstić information content (AvgIpc) is 2.58. The maximum atomic E-state index is 10.9. The van der Waals surface area contributed by atoms with Gasteiger partial charge in [0.1, 0.15) is 4.90 Å². The van der Waals surface area contributed by atoms with Crippen LogP contribution in [0.15, 0.2) is 35.2 Å². The SMILES string of the molecule is Cc1cc(C)n(Sc2ccccc2[N+](=O)[O-])n1. The van der Waals surface area contributed by atoms with Crippen molar-refractivity contribution in [2.45, 2.75) is 18.7 Å². The quantitative estimate of drug-likeness (QED) is 0.619. The van der Waals surface area contributed by atoms with Crippen LogP contribution in [-0.2, 0) is 0 Å². The second-order valence-electron chi connectivity index (χ2n) is 3.62. The van der Waals surface area contributed by atoms with Crippen LogP contribution >= 0.6 is 11.9 Å². The van der Waals surface area contributed by atoms with Crippen molar-refractivity contribution < 1.29 is 4.92 Å². The molecule has 0 saturated carbocycles. The van der Waals surface area contributed by atoms with Gasteiger partial charge in [-0.15, -0.1) is 0 Å². The second kappa shape index (κ2) is 4.58. The predicted octanol–water partition coefficient (Wildman–Crippen LogP) is 2.96. The fourth-order valence-corrected chi connectivity index (χ4v) is 2.41. The highest BCUT2D eigenvalue weighted by atomic mass is 32.2. The van der Waals surface area contributed by atoms with Crippen molar-refractivity contribution in [2.75, 3.05) is 0 Å². The van der Waals surface area contributed by atoms with Gasteiger partial charge in [-0.3, -0.25) is 10.1 Å². The minimum atomic E-state index is -0.381. The molecule has 0 aliphatic heterocycles. The zero-order chi connectivity index (χ0) is 12.4. The number of hydrogen-bond acceptors (Lipinski definition) is 4. The van der Waals surface area contributed by atoms with Crippen LogP contribution in [-0.4, -0.2) is 14.1 Å². The molecule has 5 nitrogen and oxygen atoms in total. The molecule has 1 heterocycles. The van der Waals surface area contributed by atoms with Gasteiger partial charge in [0.25, 0.3) is 5.69 Å².